The fourth-order valence-corrected chi connectivity index (χ4v) is 2.78. The summed E-state index contributed by atoms with van der Waals surface area (Å²) in [6.07, 6.45) is 0. The van der Waals surface area contributed by atoms with Crippen LogP contribution >= 0.6 is 24.8 Å². The van der Waals surface area contributed by atoms with Gasteiger partial charge in [-0.15, -0.1) is 24.8 Å². The normalized spacial score (nSPS) is 14.0. The molecule has 0 aromatic heterocycles. The lowest BCUT2D eigenvalue weighted by Gasteiger charge is -2.37. The zero-order chi connectivity index (χ0) is 16.8. The molecule has 1 fully saturated rings. The maximum atomic E-state index is 13.1. The van der Waals surface area contributed by atoms with Gasteiger partial charge >= 0.3 is 0 Å². The van der Waals surface area contributed by atoms with Crippen LogP contribution in [0.15, 0.2) is 54.6 Å². The number of hydrogen-bond acceptors (Lipinski definition) is 4. The highest BCUT2D eigenvalue weighted by Crippen LogP contribution is 2.15. The summed E-state index contributed by atoms with van der Waals surface area (Å²) in [5.41, 5.74) is 8.44. The molecule has 2 aromatic carbocycles. The fraction of sp³-hybridized carbons (Fsp3) is 0.316. The molecule has 1 heterocycles. The van der Waals surface area contributed by atoms with E-state index in [1.165, 1.54) is 0 Å². The molecule has 2 aromatic rings. The first kappa shape index (κ1) is 22.4. The van der Waals surface area contributed by atoms with Crippen LogP contribution in [-0.2, 0) is 17.8 Å². The van der Waals surface area contributed by atoms with Crippen molar-refractivity contribution < 1.29 is 9.53 Å². The molecule has 142 valence electrons. The molecule has 1 amide bonds. The van der Waals surface area contributed by atoms with Crippen LogP contribution in [0.2, 0.25) is 0 Å². The van der Waals surface area contributed by atoms with Crippen LogP contribution in [0.5, 0.6) is 0 Å². The Bertz CT molecular complexity index is 662. The number of nitrogens with zero attached hydrogens (tertiary/aromatic N) is 2. The van der Waals surface area contributed by atoms with E-state index in [-0.39, 0.29) is 30.7 Å². The number of amides is 1. The van der Waals surface area contributed by atoms with Gasteiger partial charge in [0.2, 0.25) is 0 Å². The number of carbonyl (C=O) groups excluding carboxylic acids is 1. The summed E-state index contributed by atoms with van der Waals surface area (Å²) in [6, 6.07) is 17.6. The molecule has 0 bridgehead atoms. The Balaban J connectivity index is 0.00000169. The second-order valence-corrected chi connectivity index (χ2v) is 5.82. The number of morpholine rings is 1. The van der Waals surface area contributed by atoms with Gasteiger partial charge in [-0.25, -0.2) is 5.01 Å². The Hall–Kier alpha value is -1.63. The van der Waals surface area contributed by atoms with Crippen molar-refractivity contribution in [2.45, 2.75) is 13.1 Å². The highest BCUT2D eigenvalue weighted by atomic mass is 35.5. The number of carbonyl (C=O) groups is 1. The molecule has 0 radical (unpaired) electrons. The standard InChI is InChI=1S/C19H23N3O2.2ClH/c20-14-16-6-8-18(9-7-16)19(23)22(21-10-12-24-13-11-21)15-17-4-2-1-3-5-17;;/h1-9H,10-15,20H2;2*1H. The summed E-state index contributed by atoms with van der Waals surface area (Å²) in [6.45, 7) is 3.76. The molecule has 7 heteroatoms. The topological polar surface area (TPSA) is 58.8 Å². The van der Waals surface area contributed by atoms with Crippen LogP contribution in [-0.4, -0.2) is 42.2 Å². The third kappa shape index (κ3) is 5.69. The Morgan fingerprint density at radius 2 is 1.58 bits per heavy atom. The zero-order valence-corrected chi connectivity index (χ0v) is 16.2. The molecule has 0 aliphatic carbocycles. The van der Waals surface area contributed by atoms with Gasteiger partial charge in [0.05, 0.1) is 19.8 Å². The molecular weight excluding hydrogens is 373 g/mol. The number of hydrazine groups is 1. The number of benzene rings is 2. The van der Waals surface area contributed by atoms with E-state index in [1.54, 1.807) is 0 Å². The molecule has 1 saturated heterocycles. The first-order valence-electron chi connectivity index (χ1n) is 8.25. The van der Waals surface area contributed by atoms with Crippen LogP contribution in [0.4, 0.5) is 0 Å². The number of hydrogen-bond donors (Lipinski definition) is 1. The number of halogens is 2. The van der Waals surface area contributed by atoms with Gasteiger partial charge in [-0.2, -0.15) is 0 Å². The Labute approximate surface area is 166 Å². The smallest absolute Gasteiger partial charge is 0.268 e. The lowest BCUT2D eigenvalue weighted by atomic mass is 10.1. The summed E-state index contributed by atoms with van der Waals surface area (Å²) >= 11 is 0. The van der Waals surface area contributed by atoms with Gasteiger partial charge in [0.15, 0.2) is 0 Å². The third-order valence-corrected chi connectivity index (χ3v) is 4.18. The lowest BCUT2D eigenvalue weighted by molar-refractivity contribution is -0.0739. The van der Waals surface area contributed by atoms with Crippen molar-refractivity contribution in [2.24, 2.45) is 5.73 Å². The van der Waals surface area contributed by atoms with E-state index in [0.29, 0.717) is 31.9 Å². The third-order valence-electron chi connectivity index (χ3n) is 4.18. The van der Waals surface area contributed by atoms with Gasteiger partial charge in [0.25, 0.3) is 5.91 Å². The molecule has 0 atom stereocenters. The molecule has 2 N–H and O–H groups in total. The number of ether oxygens (including phenoxy) is 1. The minimum atomic E-state index is 0. The molecule has 1 aliphatic rings. The molecular formula is C19H25Cl2N3O2. The maximum Gasteiger partial charge on any atom is 0.268 e. The summed E-state index contributed by atoms with van der Waals surface area (Å²) in [5, 5.41) is 3.91. The van der Waals surface area contributed by atoms with E-state index in [2.05, 4.69) is 5.01 Å². The number of rotatable bonds is 5. The van der Waals surface area contributed by atoms with Crippen molar-refractivity contribution >= 4 is 30.7 Å². The number of nitrogens with two attached hydrogens (primary N) is 1. The second kappa shape index (κ2) is 11.2. The quantitative estimate of drug-likeness (QED) is 0.842. The second-order valence-electron chi connectivity index (χ2n) is 5.82. The van der Waals surface area contributed by atoms with Crippen molar-refractivity contribution in [2.75, 3.05) is 26.3 Å². The predicted octanol–water partition coefficient (Wildman–Crippen LogP) is 2.88. The van der Waals surface area contributed by atoms with E-state index >= 15 is 0 Å². The van der Waals surface area contributed by atoms with Crippen molar-refractivity contribution in [3.63, 3.8) is 0 Å². The highest BCUT2D eigenvalue weighted by molar-refractivity contribution is 5.94. The minimum Gasteiger partial charge on any atom is -0.379 e. The van der Waals surface area contributed by atoms with E-state index in [4.69, 9.17) is 10.5 Å². The van der Waals surface area contributed by atoms with Crippen LogP contribution in [0.25, 0.3) is 0 Å². The van der Waals surface area contributed by atoms with Gasteiger partial charge < -0.3 is 10.5 Å². The van der Waals surface area contributed by atoms with Crippen molar-refractivity contribution in [1.82, 2.24) is 10.0 Å². The first-order valence-corrected chi connectivity index (χ1v) is 8.25. The van der Waals surface area contributed by atoms with E-state index < -0.39 is 0 Å². The predicted molar refractivity (Wildman–Crippen MR) is 108 cm³/mol. The monoisotopic (exact) mass is 397 g/mol. The van der Waals surface area contributed by atoms with Crippen LogP contribution < -0.4 is 5.73 Å². The molecule has 3 rings (SSSR count). The van der Waals surface area contributed by atoms with Crippen LogP contribution in [0.1, 0.15) is 21.5 Å². The molecule has 0 unspecified atom stereocenters. The van der Waals surface area contributed by atoms with Gasteiger partial charge in [-0.3, -0.25) is 9.80 Å². The van der Waals surface area contributed by atoms with Gasteiger partial charge in [0.1, 0.15) is 0 Å². The summed E-state index contributed by atoms with van der Waals surface area (Å²) in [5.74, 6) is 0.00400. The summed E-state index contributed by atoms with van der Waals surface area (Å²) in [4.78, 5) is 13.1. The molecule has 26 heavy (non-hydrogen) atoms. The van der Waals surface area contributed by atoms with Crippen molar-refractivity contribution in [3.05, 3.63) is 71.3 Å². The van der Waals surface area contributed by atoms with E-state index in [1.807, 2.05) is 59.6 Å². The zero-order valence-electron chi connectivity index (χ0n) is 14.5. The fourth-order valence-electron chi connectivity index (χ4n) is 2.78. The average molecular weight is 398 g/mol. The van der Waals surface area contributed by atoms with Crippen LogP contribution in [0.3, 0.4) is 0 Å². The Morgan fingerprint density at radius 1 is 0.962 bits per heavy atom. The highest BCUT2D eigenvalue weighted by Gasteiger charge is 2.24. The van der Waals surface area contributed by atoms with E-state index in [0.717, 1.165) is 24.2 Å². The molecule has 0 saturated carbocycles. The average Bonchev–Trinajstić information content (AvgIpc) is 2.67. The van der Waals surface area contributed by atoms with Gasteiger partial charge in [-0.1, -0.05) is 42.5 Å². The van der Waals surface area contributed by atoms with Crippen molar-refractivity contribution in [3.8, 4) is 0 Å². The minimum absolute atomic E-state index is 0. The largest absolute Gasteiger partial charge is 0.379 e. The van der Waals surface area contributed by atoms with Gasteiger partial charge in [-0.05, 0) is 23.3 Å². The summed E-state index contributed by atoms with van der Waals surface area (Å²) in [7, 11) is 0. The first-order chi connectivity index (χ1) is 11.8. The van der Waals surface area contributed by atoms with E-state index in [9.17, 15) is 4.79 Å². The van der Waals surface area contributed by atoms with Crippen LogP contribution in [0, 0.1) is 0 Å². The van der Waals surface area contributed by atoms with Crippen molar-refractivity contribution in [1.29, 1.82) is 0 Å². The maximum absolute atomic E-state index is 13.1. The molecule has 5 nitrogen and oxygen atoms in total. The lowest BCUT2D eigenvalue weighted by Crippen LogP contribution is -2.51. The Kier molecular flexibility index (Phi) is 9.62. The Morgan fingerprint density at radius 3 is 2.15 bits per heavy atom. The molecule has 1 aliphatic heterocycles. The van der Waals surface area contributed by atoms with Gasteiger partial charge in [0, 0.05) is 25.2 Å². The molecule has 0 spiro atoms. The summed E-state index contributed by atoms with van der Waals surface area (Å²) < 4.78 is 5.42. The SMILES string of the molecule is Cl.Cl.NCc1ccc(C(=O)N(Cc2ccccc2)N2CCOCC2)cc1.